The van der Waals surface area contributed by atoms with Gasteiger partial charge in [0.15, 0.2) is 5.96 Å². The highest BCUT2D eigenvalue weighted by molar-refractivity contribution is 7.89. The van der Waals surface area contributed by atoms with E-state index in [1.807, 2.05) is 13.0 Å². The van der Waals surface area contributed by atoms with Crippen LogP contribution in [0.4, 0.5) is 4.39 Å². The van der Waals surface area contributed by atoms with Crippen LogP contribution < -0.4 is 15.4 Å². The lowest BCUT2D eigenvalue weighted by atomic mass is 10.2. The number of rotatable bonds is 7. The average Bonchev–Trinajstić information content (AvgIpc) is 2.64. The molecule has 0 fully saturated rings. The lowest BCUT2D eigenvalue weighted by molar-refractivity contribution is 0.588. The standard InChI is InChI=1S/C18H23FN4O2S/c1-3-21-18(23-13-15-5-4-6-16(19)11-15)22-12-14-7-9-17(10-8-14)26(24,25)20-2/h4-11,20H,3,12-13H2,1-2H3,(H2,21,22,23). The van der Waals surface area contributed by atoms with E-state index in [2.05, 4.69) is 20.3 Å². The Morgan fingerprint density at radius 1 is 1.08 bits per heavy atom. The molecule has 6 nitrogen and oxygen atoms in total. The summed E-state index contributed by atoms with van der Waals surface area (Å²) in [5.41, 5.74) is 1.69. The molecule has 0 aliphatic rings. The van der Waals surface area contributed by atoms with Crippen molar-refractivity contribution < 1.29 is 12.8 Å². The number of nitrogens with zero attached hydrogens (tertiary/aromatic N) is 1. The first kappa shape index (κ1) is 19.9. The first-order chi connectivity index (χ1) is 12.4. The largest absolute Gasteiger partial charge is 0.357 e. The molecule has 3 N–H and O–H groups in total. The summed E-state index contributed by atoms with van der Waals surface area (Å²) in [7, 11) is -2.06. The lowest BCUT2D eigenvalue weighted by Gasteiger charge is -2.12. The fraction of sp³-hybridized carbons (Fsp3) is 0.278. The number of halogens is 1. The SMILES string of the molecule is CCNC(=NCc1cccc(F)c1)NCc1ccc(S(=O)(=O)NC)cc1. The van der Waals surface area contributed by atoms with Gasteiger partial charge in [0, 0.05) is 13.1 Å². The number of hydrogen-bond acceptors (Lipinski definition) is 3. The van der Waals surface area contributed by atoms with Gasteiger partial charge in [-0.15, -0.1) is 0 Å². The van der Waals surface area contributed by atoms with Crippen LogP contribution in [0.3, 0.4) is 0 Å². The second-order valence-corrected chi connectivity index (χ2v) is 7.42. The third kappa shape index (κ3) is 5.82. The summed E-state index contributed by atoms with van der Waals surface area (Å²) in [5.74, 6) is 0.316. The van der Waals surface area contributed by atoms with Crippen LogP contribution in [0.15, 0.2) is 58.4 Å². The van der Waals surface area contributed by atoms with Gasteiger partial charge in [0.2, 0.25) is 10.0 Å². The highest BCUT2D eigenvalue weighted by Gasteiger charge is 2.10. The highest BCUT2D eigenvalue weighted by atomic mass is 32.2. The maximum absolute atomic E-state index is 13.2. The number of nitrogens with one attached hydrogen (secondary N) is 3. The van der Waals surface area contributed by atoms with Gasteiger partial charge in [-0.1, -0.05) is 24.3 Å². The third-order valence-corrected chi connectivity index (χ3v) is 5.05. The van der Waals surface area contributed by atoms with Gasteiger partial charge in [-0.25, -0.2) is 22.5 Å². The Morgan fingerprint density at radius 2 is 1.81 bits per heavy atom. The number of sulfonamides is 1. The van der Waals surface area contributed by atoms with E-state index in [9.17, 15) is 12.8 Å². The molecule has 26 heavy (non-hydrogen) atoms. The van der Waals surface area contributed by atoms with Crippen molar-refractivity contribution in [3.63, 3.8) is 0 Å². The zero-order chi connectivity index (χ0) is 19.0. The van der Waals surface area contributed by atoms with Crippen molar-refractivity contribution in [1.29, 1.82) is 0 Å². The van der Waals surface area contributed by atoms with Gasteiger partial charge in [-0.05, 0) is 49.4 Å². The molecule has 0 bridgehead atoms. The van der Waals surface area contributed by atoms with Gasteiger partial charge in [0.25, 0.3) is 0 Å². The highest BCUT2D eigenvalue weighted by Crippen LogP contribution is 2.10. The first-order valence-corrected chi connectivity index (χ1v) is 9.72. The predicted octanol–water partition coefficient (Wildman–Crippen LogP) is 1.99. The van der Waals surface area contributed by atoms with Crippen molar-refractivity contribution in [1.82, 2.24) is 15.4 Å². The van der Waals surface area contributed by atoms with Crippen molar-refractivity contribution in [2.75, 3.05) is 13.6 Å². The number of hydrogen-bond donors (Lipinski definition) is 3. The molecular formula is C18H23FN4O2S. The van der Waals surface area contributed by atoms with Crippen molar-refractivity contribution in [2.24, 2.45) is 4.99 Å². The Morgan fingerprint density at radius 3 is 2.42 bits per heavy atom. The Kier molecular flexibility index (Phi) is 7.11. The normalized spacial score (nSPS) is 12.0. The van der Waals surface area contributed by atoms with Crippen molar-refractivity contribution in [3.05, 3.63) is 65.5 Å². The Hall–Kier alpha value is -2.45. The van der Waals surface area contributed by atoms with Gasteiger partial charge in [-0.2, -0.15) is 0 Å². The number of benzene rings is 2. The van der Waals surface area contributed by atoms with Crippen LogP contribution in [-0.4, -0.2) is 28.0 Å². The molecule has 0 atom stereocenters. The quantitative estimate of drug-likeness (QED) is 0.508. The fourth-order valence-corrected chi connectivity index (χ4v) is 2.97. The smallest absolute Gasteiger partial charge is 0.240 e. The molecule has 0 saturated heterocycles. The molecule has 0 aliphatic carbocycles. The molecule has 0 aromatic heterocycles. The monoisotopic (exact) mass is 378 g/mol. The van der Waals surface area contributed by atoms with Gasteiger partial charge >= 0.3 is 0 Å². The van der Waals surface area contributed by atoms with Crippen LogP contribution in [0.2, 0.25) is 0 Å². The summed E-state index contributed by atoms with van der Waals surface area (Å²) in [6.45, 7) is 3.48. The zero-order valence-corrected chi connectivity index (χ0v) is 15.6. The van der Waals surface area contributed by atoms with Gasteiger partial charge in [0.05, 0.1) is 11.4 Å². The maximum Gasteiger partial charge on any atom is 0.240 e. The third-order valence-electron chi connectivity index (χ3n) is 3.62. The van der Waals surface area contributed by atoms with Gasteiger partial charge < -0.3 is 10.6 Å². The summed E-state index contributed by atoms with van der Waals surface area (Å²) >= 11 is 0. The molecular weight excluding hydrogens is 355 g/mol. The summed E-state index contributed by atoms with van der Waals surface area (Å²) in [5, 5.41) is 6.30. The molecule has 0 aliphatic heterocycles. The van der Waals surface area contributed by atoms with Crippen LogP contribution in [0, 0.1) is 5.82 Å². The fourth-order valence-electron chi connectivity index (χ4n) is 2.24. The molecule has 0 spiro atoms. The van der Waals surface area contributed by atoms with E-state index in [1.54, 1.807) is 30.3 Å². The van der Waals surface area contributed by atoms with Crippen molar-refractivity contribution >= 4 is 16.0 Å². The molecule has 2 aromatic rings. The molecule has 0 unspecified atom stereocenters. The van der Waals surface area contributed by atoms with Crippen molar-refractivity contribution in [2.45, 2.75) is 24.9 Å². The van der Waals surface area contributed by atoms with Crippen LogP contribution >= 0.6 is 0 Å². The van der Waals surface area contributed by atoms with Crippen LogP contribution in [-0.2, 0) is 23.1 Å². The Balaban J connectivity index is 2.00. The van der Waals surface area contributed by atoms with Gasteiger partial charge in [0.1, 0.15) is 5.82 Å². The molecule has 0 saturated carbocycles. The second kappa shape index (κ2) is 9.30. The van der Waals surface area contributed by atoms with E-state index < -0.39 is 10.0 Å². The minimum atomic E-state index is -3.43. The van der Waals surface area contributed by atoms with E-state index in [-0.39, 0.29) is 10.7 Å². The van der Waals surface area contributed by atoms with Crippen molar-refractivity contribution in [3.8, 4) is 0 Å². The summed E-state index contributed by atoms with van der Waals surface area (Å²) in [6.07, 6.45) is 0. The lowest BCUT2D eigenvalue weighted by Crippen LogP contribution is -2.36. The predicted molar refractivity (Wildman–Crippen MR) is 101 cm³/mol. The van der Waals surface area contributed by atoms with Gasteiger partial charge in [-0.3, -0.25) is 0 Å². The average molecular weight is 378 g/mol. The minimum Gasteiger partial charge on any atom is -0.357 e. The zero-order valence-electron chi connectivity index (χ0n) is 14.8. The molecule has 140 valence electrons. The Labute approximate surface area is 153 Å². The number of aliphatic imine (C=N–C) groups is 1. The van der Waals surface area contributed by atoms with Crippen LogP contribution in [0.25, 0.3) is 0 Å². The summed E-state index contributed by atoms with van der Waals surface area (Å²) < 4.78 is 39.0. The second-order valence-electron chi connectivity index (χ2n) is 5.53. The van der Waals surface area contributed by atoms with E-state index >= 15 is 0 Å². The van der Waals surface area contributed by atoms with Crippen LogP contribution in [0.5, 0.6) is 0 Å². The molecule has 0 amide bonds. The Bertz CT molecular complexity index is 852. The number of guanidine groups is 1. The summed E-state index contributed by atoms with van der Waals surface area (Å²) in [4.78, 5) is 4.65. The topological polar surface area (TPSA) is 82.6 Å². The first-order valence-electron chi connectivity index (χ1n) is 8.23. The minimum absolute atomic E-state index is 0.218. The van der Waals surface area contributed by atoms with E-state index in [4.69, 9.17) is 0 Å². The molecule has 2 aromatic carbocycles. The maximum atomic E-state index is 13.2. The molecule has 0 radical (unpaired) electrons. The van der Waals surface area contributed by atoms with Crippen LogP contribution in [0.1, 0.15) is 18.1 Å². The molecule has 0 heterocycles. The van der Waals surface area contributed by atoms with E-state index in [1.165, 1.54) is 19.2 Å². The van der Waals surface area contributed by atoms with E-state index in [0.717, 1.165) is 11.1 Å². The summed E-state index contributed by atoms with van der Waals surface area (Å²) in [6, 6.07) is 12.9. The molecule has 2 rings (SSSR count). The van der Waals surface area contributed by atoms with E-state index in [0.29, 0.717) is 25.6 Å². The molecule has 8 heteroatoms.